The van der Waals surface area contributed by atoms with Crippen LogP contribution in [0.3, 0.4) is 0 Å². The smallest absolute Gasteiger partial charge is 0.247 e. The van der Waals surface area contributed by atoms with Crippen LogP contribution in [-0.4, -0.2) is 42.3 Å². The highest BCUT2D eigenvalue weighted by Gasteiger charge is 2.14. The molecule has 7 heteroatoms. The molecule has 0 unspecified atom stereocenters. The lowest BCUT2D eigenvalue weighted by molar-refractivity contribution is 0.173. The number of nitrogens with two attached hydrogens (primary N) is 2. The van der Waals surface area contributed by atoms with E-state index in [-0.39, 0.29) is 23.4 Å². The number of aromatic nitrogens is 2. The molecule has 0 atom stereocenters. The molecular weight excluding hydrogens is 234 g/mol. The third-order valence-electron chi connectivity index (χ3n) is 1.91. The van der Waals surface area contributed by atoms with Gasteiger partial charge in [0.2, 0.25) is 17.7 Å². The molecule has 1 rings (SSSR count). The maximum Gasteiger partial charge on any atom is 0.247 e. The standard InChI is InChI=1S/C11H21N5O2/c1-7(2)5-17-9-8(12)10(15-11(13)14-9)18-6-16(3)4/h7H,5-6,12H2,1-4H3,(H2,13,14,15). The lowest BCUT2D eigenvalue weighted by Crippen LogP contribution is -2.20. The number of nitrogens with zero attached hydrogens (tertiary/aromatic N) is 3. The minimum Gasteiger partial charge on any atom is -0.476 e. The van der Waals surface area contributed by atoms with Gasteiger partial charge >= 0.3 is 0 Å². The van der Waals surface area contributed by atoms with Gasteiger partial charge in [0.25, 0.3) is 0 Å². The lowest BCUT2D eigenvalue weighted by Gasteiger charge is -2.15. The number of hydrogen-bond donors (Lipinski definition) is 2. The summed E-state index contributed by atoms with van der Waals surface area (Å²) in [6, 6.07) is 0. The molecule has 0 saturated heterocycles. The quantitative estimate of drug-likeness (QED) is 0.717. The van der Waals surface area contributed by atoms with Crippen molar-refractivity contribution in [3.8, 4) is 11.8 Å². The van der Waals surface area contributed by atoms with E-state index in [4.69, 9.17) is 20.9 Å². The summed E-state index contributed by atoms with van der Waals surface area (Å²) in [6.07, 6.45) is 0. The van der Waals surface area contributed by atoms with Crippen molar-refractivity contribution in [2.24, 2.45) is 5.92 Å². The summed E-state index contributed by atoms with van der Waals surface area (Å²) in [6.45, 7) is 4.92. The zero-order chi connectivity index (χ0) is 13.7. The topological polar surface area (TPSA) is 99.5 Å². The SMILES string of the molecule is CC(C)COc1nc(N)nc(OCN(C)C)c1N. The first-order chi connectivity index (χ1) is 8.40. The molecule has 0 aliphatic carbocycles. The van der Waals surface area contributed by atoms with Gasteiger partial charge in [-0.3, -0.25) is 4.90 Å². The second-order valence-electron chi connectivity index (χ2n) is 4.66. The van der Waals surface area contributed by atoms with Crippen molar-refractivity contribution in [3.05, 3.63) is 0 Å². The second kappa shape index (κ2) is 6.25. The molecule has 4 N–H and O–H groups in total. The van der Waals surface area contributed by atoms with E-state index in [0.29, 0.717) is 19.3 Å². The fraction of sp³-hybridized carbons (Fsp3) is 0.636. The lowest BCUT2D eigenvalue weighted by atomic mass is 10.2. The molecule has 0 bridgehead atoms. The Bertz CT molecular complexity index is 362. The molecule has 0 aliphatic heterocycles. The molecule has 0 fully saturated rings. The van der Waals surface area contributed by atoms with E-state index in [1.54, 1.807) is 0 Å². The van der Waals surface area contributed by atoms with Crippen LogP contribution in [0.15, 0.2) is 0 Å². The van der Waals surface area contributed by atoms with Gasteiger partial charge in [0.05, 0.1) is 6.61 Å². The number of ether oxygens (including phenoxy) is 2. The number of rotatable bonds is 6. The fourth-order valence-electron chi connectivity index (χ4n) is 1.10. The molecule has 0 aliphatic rings. The summed E-state index contributed by atoms with van der Waals surface area (Å²) in [5, 5.41) is 0. The minimum atomic E-state index is 0.0803. The molecule has 7 nitrogen and oxygen atoms in total. The van der Waals surface area contributed by atoms with Gasteiger partial charge in [-0.15, -0.1) is 0 Å². The van der Waals surface area contributed by atoms with Crippen LogP contribution >= 0.6 is 0 Å². The monoisotopic (exact) mass is 255 g/mol. The van der Waals surface area contributed by atoms with Gasteiger partial charge in [-0.1, -0.05) is 13.8 Å². The normalized spacial score (nSPS) is 11.0. The molecule has 18 heavy (non-hydrogen) atoms. The Labute approximate surface area is 107 Å². The minimum absolute atomic E-state index is 0.0803. The fourth-order valence-corrected chi connectivity index (χ4v) is 1.10. The molecule has 0 saturated carbocycles. The molecule has 1 aromatic rings. The van der Waals surface area contributed by atoms with E-state index in [0.717, 1.165) is 0 Å². The van der Waals surface area contributed by atoms with Gasteiger partial charge in [0.15, 0.2) is 5.69 Å². The van der Waals surface area contributed by atoms with Gasteiger partial charge in [0, 0.05) is 0 Å². The number of nitrogen functional groups attached to an aromatic ring is 2. The van der Waals surface area contributed by atoms with Crippen LogP contribution in [0.1, 0.15) is 13.8 Å². The van der Waals surface area contributed by atoms with E-state index < -0.39 is 0 Å². The summed E-state index contributed by atoms with van der Waals surface area (Å²) in [4.78, 5) is 9.74. The Balaban J connectivity index is 2.84. The third kappa shape index (κ3) is 4.25. The van der Waals surface area contributed by atoms with Crippen LogP contribution in [0.2, 0.25) is 0 Å². The summed E-state index contributed by atoms with van der Waals surface area (Å²) in [7, 11) is 3.74. The summed E-state index contributed by atoms with van der Waals surface area (Å²) in [5.74, 6) is 0.961. The van der Waals surface area contributed by atoms with Gasteiger partial charge < -0.3 is 20.9 Å². The predicted molar refractivity (Wildman–Crippen MR) is 70.4 cm³/mol. The van der Waals surface area contributed by atoms with Crippen molar-refractivity contribution in [1.82, 2.24) is 14.9 Å². The second-order valence-corrected chi connectivity index (χ2v) is 4.66. The van der Waals surface area contributed by atoms with Crippen LogP contribution in [0.25, 0.3) is 0 Å². The summed E-state index contributed by atoms with van der Waals surface area (Å²) < 4.78 is 10.9. The molecule has 0 spiro atoms. The van der Waals surface area contributed by atoms with Crippen LogP contribution in [-0.2, 0) is 0 Å². The highest BCUT2D eigenvalue weighted by atomic mass is 16.5. The van der Waals surface area contributed by atoms with Crippen molar-refractivity contribution in [2.45, 2.75) is 13.8 Å². The van der Waals surface area contributed by atoms with Crippen molar-refractivity contribution < 1.29 is 9.47 Å². The summed E-state index contributed by atoms with van der Waals surface area (Å²) >= 11 is 0. The summed E-state index contributed by atoms with van der Waals surface area (Å²) in [5.41, 5.74) is 11.7. The van der Waals surface area contributed by atoms with Crippen molar-refractivity contribution in [2.75, 3.05) is 38.9 Å². The molecule has 0 aromatic carbocycles. The molecule has 0 radical (unpaired) electrons. The van der Waals surface area contributed by atoms with Gasteiger partial charge in [-0.25, -0.2) is 0 Å². The van der Waals surface area contributed by atoms with Gasteiger partial charge in [0.1, 0.15) is 6.73 Å². The van der Waals surface area contributed by atoms with Crippen LogP contribution in [0, 0.1) is 5.92 Å². The van der Waals surface area contributed by atoms with Crippen molar-refractivity contribution >= 4 is 11.6 Å². The maximum absolute atomic E-state index is 5.88. The Kier molecular flexibility index (Phi) is 4.96. The van der Waals surface area contributed by atoms with Crippen LogP contribution in [0.5, 0.6) is 11.8 Å². The molecular formula is C11H21N5O2. The number of hydrogen-bond acceptors (Lipinski definition) is 7. The van der Waals surface area contributed by atoms with Gasteiger partial charge in [-0.05, 0) is 20.0 Å². The average molecular weight is 255 g/mol. The predicted octanol–water partition coefficient (Wildman–Crippen LogP) is 0.574. The van der Waals surface area contributed by atoms with Crippen molar-refractivity contribution in [3.63, 3.8) is 0 Å². The first-order valence-corrected chi connectivity index (χ1v) is 5.73. The largest absolute Gasteiger partial charge is 0.476 e. The highest BCUT2D eigenvalue weighted by molar-refractivity contribution is 5.58. The Morgan fingerprint density at radius 2 is 1.67 bits per heavy atom. The van der Waals surface area contributed by atoms with Crippen LogP contribution in [0.4, 0.5) is 11.6 Å². The van der Waals surface area contributed by atoms with Crippen molar-refractivity contribution in [1.29, 1.82) is 0 Å². The highest BCUT2D eigenvalue weighted by Crippen LogP contribution is 2.29. The molecule has 102 valence electrons. The van der Waals surface area contributed by atoms with E-state index in [1.165, 1.54) is 0 Å². The molecule has 1 heterocycles. The molecule has 0 amide bonds. The maximum atomic E-state index is 5.88. The molecule has 1 aromatic heterocycles. The van der Waals surface area contributed by atoms with E-state index in [9.17, 15) is 0 Å². The average Bonchev–Trinajstić information content (AvgIpc) is 2.27. The third-order valence-corrected chi connectivity index (χ3v) is 1.91. The van der Waals surface area contributed by atoms with E-state index in [2.05, 4.69) is 9.97 Å². The Morgan fingerprint density at radius 3 is 2.17 bits per heavy atom. The number of anilines is 2. The van der Waals surface area contributed by atoms with Gasteiger partial charge in [-0.2, -0.15) is 9.97 Å². The Hall–Kier alpha value is -1.76. The zero-order valence-corrected chi connectivity index (χ0v) is 11.3. The first-order valence-electron chi connectivity index (χ1n) is 5.73. The Morgan fingerprint density at radius 1 is 1.11 bits per heavy atom. The van der Waals surface area contributed by atoms with Crippen LogP contribution < -0.4 is 20.9 Å². The van der Waals surface area contributed by atoms with E-state index in [1.807, 2.05) is 32.8 Å². The zero-order valence-electron chi connectivity index (χ0n) is 11.3. The van der Waals surface area contributed by atoms with E-state index >= 15 is 0 Å². The first kappa shape index (κ1) is 14.3.